The minimum Gasteiger partial charge on any atom is -0.497 e. The van der Waals surface area contributed by atoms with Crippen LogP contribution in [0, 0.1) is 20.8 Å². The van der Waals surface area contributed by atoms with E-state index in [1.54, 1.807) is 25.4 Å². The number of methoxy groups -OCH3 is 1. The van der Waals surface area contributed by atoms with Gasteiger partial charge in [-0.15, -0.1) is 21.5 Å². The number of carbonyl (C=O) groups excluding carboxylic acids is 1. The van der Waals surface area contributed by atoms with Crippen molar-refractivity contribution >= 4 is 34.4 Å². The molecule has 3 heterocycles. The lowest BCUT2D eigenvalue weighted by atomic mass is 9.99. The second-order valence-electron chi connectivity index (χ2n) is 9.21. The molecule has 0 saturated heterocycles. The van der Waals surface area contributed by atoms with Crippen LogP contribution in [-0.4, -0.2) is 47.2 Å². The van der Waals surface area contributed by atoms with Gasteiger partial charge in [0, 0.05) is 34.4 Å². The van der Waals surface area contributed by atoms with Crippen molar-refractivity contribution < 1.29 is 14.3 Å². The molecule has 9 heteroatoms. The molecule has 0 spiro atoms. The number of fused-ring (bicyclic) bond motifs is 3. The van der Waals surface area contributed by atoms with E-state index < -0.39 is 6.04 Å². The van der Waals surface area contributed by atoms with Crippen LogP contribution < -0.4 is 9.64 Å². The Morgan fingerprint density at radius 3 is 2.32 bits per heavy atom. The minimum absolute atomic E-state index is 0.0980. The molecular formula is C29H31N5O3S. The van der Waals surface area contributed by atoms with Crippen molar-refractivity contribution in [2.45, 2.75) is 40.2 Å². The molecule has 1 atom stereocenters. The van der Waals surface area contributed by atoms with E-state index >= 15 is 0 Å². The molecule has 0 radical (unpaired) electrons. The highest BCUT2D eigenvalue weighted by Gasteiger charge is 2.32. The first kappa shape index (κ1) is 25.7. The molecule has 0 bridgehead atoms. The Labute approximate surface area is 226 Å². The fourth-order valence-electron chi connectivity index (χ4n) is 4.70. The number of aryl methyl sites for hydroxylation is 2. The Morgan fingerprint density at radius 1 is 1.03 bits per heavy atom. The highest BCUT2D eigenvalue weighted by molar-refractivity contribution is 7.15. The van der Waals surface area contributed by atoms with Crippen LogP contribution in [0.2, 0.25) is 0 Å². The number of hydrogen-bond acceptors (Lipinski definition) is 8. The molecule has 0 saturated carbocycles. The number of hydrogen-bond donors (Lipinski definition) is 0. The van der Waals surface area contributed by atoms with E-state index in [1.807, 2.05) is 42.8 Å². The third-order valence-corrected chi connectivity index (χ3v) is 8.09. The number of nitrogens with zero attached hydrogens (tertiary/aromatic N) is 5. The van der Waals surface area contributed by atoms with Crippen LogP contribution >= 0.6 is 11.3 Å². The van der Waals surface area contributed by atoms with Crippen molar-refractivity contribution in [3.8, 4) is 10.8 Å². The van der Waals surface area contributed by atoms with Crippen LogP contribution in [0.3, 0.4) is 0 Å². The van der Waals surface area contributed by atoms with Gasteiger partial charge in [0.15, 0.2) is 5.82 Å². The molecule has 2 aromatic carbocycles. The van der Waals surface area contributed by atoms with E-state index in [1.165, 1.54) is 10.4 Å². The zero-order valence-electron chi connectivity index (χ0n) is 22.5. The lowest BCUT2D eigenvalue weighted by molar-refractivity contribution is -0.143. The van der Waals surface area contributed by atoms with Gasteiger partial charge in [-0.1, -0.05) is 12.1 Å². The van der Waals surface area contributed by atoms with Crippen molar-refractivity contribution in [3.63, 3.8) is 0 Å². The summed E-state index contributed by atoms with van der Waals surface area (Å²) in [6.45, 7) is 8.30. The summed E-state index contributed by atoms with van der Waals surface area (Å²) in [7, 11) is 3.70. The van der Waals surface area contributed by atoms with Gasteiger partial charge in [-0.05, 0) is 69.7 Å². The number of benzene rings is 2. The van der Waals surface area contributed by atoms with Gasteiger partial charge in [-0.2, -0.15) is 0 Å². The maximum Gasteiger partial charge on any atom is 0.308 e. The molecule has 2 aromatic heterocycles. The predicted molar refractivity (Wildman–Crippen MR) is 151 cm³/mol. The molecule has 38 heavy (non-hydrogen) atoms. The summed E-state index contributed by atoms with van der Waals surface area (Å²) in [5.74, 6) is 1.94. The van der Waals surface area contributed by atoms with E-state index in [0.29, 0.717) is 12.4 Å². The van der Waals surface area contributed by atoms with Crippen LogP contribution in [-0.2, 0) is 9.53 Å². The van der Waals surface area contributed by atoms with Crippen molar-refractivity contribution in [1.29, 1.82) is 0 Å². The van der Waals surface area contributed by atoms with E-state index in [9.17, 15) is 4.79 Å². The van der Waals surface area contributed by atoms with Gasteiger partial charge in [-0.25, -0.2) is 0 Å². The molecule has 5 rings (SSSR count). The SMILES string of the molecule is CCOC(=O)C[C@@H]1N=C(c2ccc(N(C)c3ccc(OC)cc3)cc2)c2c(sc(C)c2C)-n2c(C)nnc21. The highest BCUT2D eigenvalue weighted by atomic mass is 32.1. The van der Waals surface area contributed by atoms with Gasteiger partial charge in [0.25, 0.3) is 0 Å². The smallest absolute Gasteiger partial charge is 0.308 e. The minimum atomic E-state index is -0.508. The van der Waals surface area contributed by atoms with Crippen molar-refractivity contribution in [2.75, 3.05) is 25.7 Å². The molecule has 0 unspecified atom stereocenters. The van der Waals surface area contributed by atoms with Crippen LogP contribution in [0.25, 0.3) is 5.00 Å². The Morgan fingerprint density at radius 2 is 1.68 bits per heavy atom. The van der Waals surface area contributed by atoms with Crippen LogP contribution in [0.4, 0.5) is 11.4 Å². The average Bonchev–Trinajstić information content (AvgIpc) is 3.40. The Kier molecular flexibility index (Phi) is 7.03. The third-order valence-electron chi connectivity index (χ3n) is 6.89. The summed E-state index contributed by atoms with van der Waals surface area (Å²) < 4.78 is 12.6. The van der Waals surface area contributed by atoms with E-state index in [4.69, 9.17) is 14.5 Å². The quantitative estimate of drug-likeness (QED) is 0.278. The number of rotatable bonds is 7. The number of thiophene rings is 1. The van der Waals surface area contributed by atoms with Gasteiger partial charge >= 0.3 is 5.97 Å². The molecule has 0 aliphatic carbocycles. The van der Waals surface area contributed by atoms with Gasteiger partial charge in [0.05, 0.1) is 25.8 Å². The van der Waals surface area contributed by atoms with Crippen molar-refractivity contribution in [2.24, 2.45) is 4.99 Å². The topological polar surface area (TPSA) is 81.8 Å². The normalized spacial score (nSPS) is 14.3. The van der Waals surface area contributed by atoms with E-state index in [0.717, 1.165) is 44.8 Å². The zero-order valence-corrected chi connectivity index (χ0v) is 23.3. The first-order valence-electron chi connectivity index (χ1n) is 12.6. The molecule has 0 fully saturated rings. The fourth-order valence-corrected chi connectivity index (χ4v) is 5.91. The lowest BCUT2D eigenvalue weighted by Crippen LogP contribution is -2.13. The molecule has 1 aliphatic heterocycles. The van der Waals surface area contributed by atoms with Gasteiger partial charge in [0.1, 0.15) is 22.6 Å². The summed E-state index contributed by atoms with van der Waals surface area (Å²) in [6.07, 6.45) is 0.0980. The van der Waals surface area contributed by atoms with Gasteiger partial charge in [-0.3, -0.25) is 14.4 Å². The molecule has 196 valence electrons. The number of carbonyl (C=O) groups is 1. The third kappa shape index (κ3) is 4.58. The summed E-state index contributed by atoms with van der Waals surface area (Å²) in [6, 6.07) is 15.8. The molecule has 0 amide bonds. The summed E-state index contributed by atoms with van der Waals surface area (Å²) in [5, 5.41) is 9.81. The Hall–Kier alpha value is -3.98. The van der Waals surface area contributed by atoms with Crippen molar-refractivity contribution in [3.05, 3.63) is 81.7 Å². The molecule has 0 N–H and O–H groups in total. The van der Waals surface area contributed by atoms with Gasteiger partial charge in [0.2, 0.25) is 0 Å². The summed E-state index contributed by atoms with van der Waals surface area (Å²) in [4.78, 5) is 21.0. The second kappa shape index (κ2) is 10.4. The average molecular weight is 530 g/mol. The molecule has 8 nitrogen and oxygen atoms in total. The lowest BCUT2D eigenvalue weighted by Gasteiger charge is -2.20. The fraction of sp³-hybridized carbons (Fsp3) is 0.310. The standard InChI is InChI=1S/C29H31N5O3S/c1-7-37-25(35)16-24-28-32-31-19(4)34(28)29-26(17(2)18(3)38-29)27(30-24)20-8-10-21(11-9-20)33(5)22-12-14-23(36-6)15-13-22/h8-15,24H,7,16H2,1-6H3/t24-/m0/s1. The number of aliphatic imine (C=N–C) groups is 1. The maximum atomic E-state index is 12.6. The van der Waals surface area contributed by atoms with Crippen LogP contribution in [0.15, 0.2) is 53.5 Å². The molecular weight excluding hydrogens is 498 g/mol. The number of esters is 1. The molecule has 1 aliphatic rings. The highest BCUT2D eigenvalue weighted by Crippen LogP contribution is 2.40. The monoisotopic (exact) mass is 529 g/mol. The number of anilines is 2. The maximum absolute atomic E-state index is 12.6. The summed E-state index contributed by atoms with van der Waals surface area (Å²) in [5.41, 5.74) is 6.14. The zero-order chi connectivity index (χ0) is 27.0. The van der Waals surface area contributed by atoms with Crippen LogP contribution in [0.1, 0.15) is 52.6 Å². The predicted octanol–water partition coefficient (Wildman–Crippen LogP) is 5.88. The van der Waals surface area contributed by atoms with Crippen molar-refractivity contribution in [1.82, 2.24) is 14.8 Å². The Balaban J connectivity index is 1.58. The first-order chi connectivity index (χ1) is 18.3. The van der Waals surface area contributed by atoms with Gasteiger partial charge < -0.3 is 14.4 Å². The van der Waals surface area contributed by atoms with E-state index in [2.05, 4.69) is 53.2 Å². The van der Waals surface area contributed by atoms with E-state index in [-0.39, 0.29) is 12.4 Å². The Bertz CT molecular complexity index is 1500. The summed E-state index contributed by atoms with van der Waals surface area (Å²) >= 11 is 1.70. The number of aromatic nitrogens is 3. The first-order valence-corrected chi connectivity index (χ1v) is 13.4. The molecule has 4 aromatic rings. The number of ether oxygens (including phenoxy) is 2. The second-order valence-corrected chi connectivity index (χ2v) is 10.4. The van der Waals surface area contributed by atoms with Crippen LogP contribution in [0.5, 0.6) is 5.75 Å². The largest absolute Gasteiger partial charge is 0.497 e.